The van der Waals surface area contributed by atoms with E-state index in [-0.39, 0.29) is 18.0 Å². The van der Waals surface area contributed by atoms with Crippen molar-refractivity contribution in [3.63, 3.8) is 0 Å². The third kappa shape index (κ3) is 4.31. The minimum absolute atomic E-state index is 0.0000597. The van der Waals surface area contributed by atoms with Gasteiger partial charge >= 0.3 is 0 Å². The van der Waals surface area contributed by atoms with E-state index < -0.39 is 5.91 Å². The van der Waals surface area contributed by atoms with Crippen LogP contribution < -0.4 is 15.8 Å². The molecular formula is C16H17N3O3. The number of nitrogens with one attached hydrogen (secondary N) is 1. The van der Waals surface area contributed by atoms with Gasteiger partial charge in [-0.3, -0.25) is 14.6 Å². The second-order valence-corrected chi connectivity index (χ2v) is 4.62. The van der Waals surface area contributed by atoms with Crippen molar-refractivity contribution in [1.82, 2.24) is 10.3 Å². The highest BCUT2D eigenvalue weighted by atomic mass is 16.5. The number of Topliss-reactive ketones (excluding diaryl/α,β-unsaturated/α-hetero) is 1. The van der Waals surface area contributed by atoms with Gasteiger partial charge < -0.3 is 15.8 Å². The number of amides is 1. The Kier molecular flexibility index (Phi) is 5.08. The molecule has 0 saturated heterocycles. The minimum atomic E-state index is -0.412. The minimum Gasteiger partial charge on any atom is -0.457 e. The van der Waals surface area contributed by atoms with Gasteiger partial charge in [-0.25, -0.2) is 0 Å². The molecule has 0 unspecified atom stereocenters. The van der Waals surface area contributed by atoms with E-state index in [1.54, 1.807) is 37.3 Å². The Morgan fingerprint density at radius 3 is 2.59 bits per heavy atom. The van der Waals surface area contributed by atoms with Crippen LogP contribution in [0.3, 0.4) is 0 Å². The number of hydrogen-bond donors (Lipinski definition) is 2. The fourth-order valence-electron chi connectivity index (χ4n) is 1.67. The standard InChI is InChI=1S/C16H17N3O3/c1-2-12(20)10-19-16(21)15-9-14(7-8-18-15)22-13-5-3-11(17)4-6-13/h3-9H,2,10,17H2,1H3,(H,19,21). The van der Waals surface area contributed by atoms with Crippen molar-refractivity contribution >= 4 is 17.4 Å². The predicted octanol–water partition coefficient (Wildman–Crippen LogP) is 2.17. The lowest BCUT2D eigenvalue weighted by Crippen LogP contribution is -2.29. The molecule has 1 amide bonds. The number of rotatable bonds is 6. The largest absolute Gasteiger partial charge is 0.457 e. The molecule has 6 heteroatoms. The third-order valence-corrected chi connectivity index (χ3v) is 2.92. The quantitative estimate of drug-likeness (QED) is 0.797. The molecule has 0 aliphatic heterocycles. The maximum Gasteiger partial charge on any atom is 0.270 e. The van der Waals surface area contributed by atoms with Crippen LogP contribution in [-0.2, 0) is 4.79 Å². The number of benzene rings is 1. The zero-order chi connectivity index (χ0) is 15.9. The molecule has 0 spiro atoms. The van der Waals surface area contributed by atoms with Crippen molar-refractivity contribution in [2.24, 2.45) is 0 Å². The molecule has 0 aliphatic rings. The first-order chi connectivity index (χ1) is 10.6. The molecule has 0 saturated carbocycles. The molecule has 2 aromatic rings. The van der Waals surface area contributed by atoms with Gasteiger partial charge in [-0.15, -0.1) is 0 Å². The highest BCUT2D eigenvalue weighted by Crippen LogP contribution is 2.22. The molecule has 1 aromatic carbocycles. The van der Waals surface area contributed by atoms with E-state index in [1.165, 1.54) is 12.3 Å². The molecule has 0 aliphatic carbocycles. The first-order valence-electron chi connectivity index (χ1n) is 6.88. The van der Waals surface area contributed by atoms with Crippen LogP contribution in [-0.4, -0.2) is 23.2 Å². The van der Waals surface area contributed by atoms with Gasteiger partial charge in [0.25, 0.3) is 5.91 Å². The fourth-order valence-corrected chi connectivity index (χ4v) is 1.67. The van der Waals surface area contributed by atoms with Crippen LogP contribution in [0, 0.1) is 0 Å². The van der Waals surface area contributed by atoms with Gasteiger partial charge in [0.1, 0.15) is 17.2 Å². The number of pyridine rings is 1. The maximum absolute atomic E-state index is 11.9. The first-order valence-corrected chi connectivity index (χ1v) is 6.88. The number of nitrogens with two attached hydrogens (primary N) is 1. The number of aromatic nitrogens is 1. The lowest BCUT2D eigenvalue weighted by Gasteiger charge is -2.07. The van der Waals surface area contributed by atoms with Crippen LogP contribution in [0.5, 0.6) is 11.5 Å². The summed E-state index contributed by atoms with van der Waals surface area (Å²) in [5.41, 5.74) is 6.44. The average Bonchev–Trinajstić information content (AvgIpc) is 2.54. The number of carbonyl (C=O) groups is 2. The second-order valence-electron chi connectivity index (χ2n) is 4.62. The van der Waals surface area contributed by atoms with Crippen molar-refractivity contribution in [2.45, 2.75) is 13.3 Å². The highest BCUT2D eigenvalue weighted by Gasteiger charge is 2.10. The van der Waals surface area contributed by atoms with Crippen LogP contribution in [0.1, 0.15) is 23.8 Å². The summed E-state index contributed by atoms with van der Waals surface area (Å²) < 4.78 is 5.63. The third-order valence-electron chi connectivity index (χ3n) is 2.92. The van der Waals surface area contributed by atoms with Crippen molar-refractivity contribution in [2.75, 3.05) is 12.3 Å². The van der Waals surface area contributed by atoms with Gasteiger partial charge in [-0.05, 0) is 30.3 Å². The molecule has 1 aromatic heterocycles. The van der Waals surface area contributed by atoms with Crippen LogP contribution in [0.4, 0.5) is 5.69 Å². The van der Waals surface area contributed by atoms with Gasteiger partial charge in [0.15, 0.2) is 5.78 Å². The summed E-state index contributed by atoms with van der Waals surface area (Å²) in [7, 11) is 0. The second kappa shape index (κ2) is 7.21. The number of ether oxygens (including phenoxy) is 1. The molecule has 3 N–H and O–H groups in total. The summed E-state index contributed by atoms with van der Waals surface area (Å²) in [6.45, 7) is 1.74. The van der Waals surface area contributed by atoms with Gasteiger partial charge in [-0.1, -0.05) is 6.92 Å². The molecule has 1 heterocycles. The average molecular weight is 299 g/mol. The zero-order valence-electron chi connectivity index (χ0n) is 12.2. The number of nitrogen functional groups attached to an aromatic ring is 1. The fraction of sp³-hybridized carbons (Fsp3) is 0.188. The Hall–Kier alpha value is -2.89. The molecule has 22 heavy (non-hydrogen) atoms. The van der Waals surface area contributed by atoms with Crippen molar-refractivity contribution in [1.29, 1.82) is 0 Å². The topological polar surface area (TPSA) is 94.3 Å². The SMILES string of the molecule is CCC(=O)CNC(=O)c1cc(Oc2ccc(N)cc2)ccn1. The van der Waals surface area contributed by atoms with Gasteiger partial charge in [0.2, 0.25) is 0 Å². The summed E-state index contributed by atoms with van der Waals surface area (Å²) in [6.07, 6.45) is 1.86. The normalized spacial score (nSPS) is 10.0. The van der Waals surface area contributed by atoms with E-state index in [2.05, 4.69) is 10.3 Å². The summed E-state index contributed by atoms with van der Waals surface area (Å²) in [6, 6.07) is 10.1. The molecule has 0 bridgehead atoms. The van der Waals surface area contributed by atoms with Crippen molar-refractivity contribution in [3.05, 3.63) is 48.3 Å². The number of nitrogens with zero attached hydrogens (tertiary/aromatic N) is 1. The summed E-state index contributed by atoms with van der Waals surface area (Å²) in [5, 5.41) is 2.53. The Bertz CT molecular complexity index is 669. The van der Waals surface area contributed by atoms with Gasteiger partial charge in [-0.2, -0.15) is 0 Å². The zero-order valence-corrected chi connectivity index (χ0v) is 12.2. The van der Waals surface area contributed by atoms with E-state index in [9.17, 15) is 9.59 Å². The number of ketones is 1. The van der Waals surface area contributed by atoms with E-state index in [0.717, 1.165) is 0 Å². The molecule has 0 atom stereocenters. The summed E-state index contributed by atoms with van der Waals surface area (Å²) in [5.74, 6) is 0.631. The monoisotopic (exact) mass is 299 g/mol. The Morgan fingerprint density at radius 2 is 1.91 bits per heavy atom. The van der Waals surface area contributed by atoms with Crippen LogP contribution in [0.2, 0.25) is 0 Å². The lowest BCUT2D eigenvalue weighted by atomic mass is 10.3. The highest BCUT2D eigenvalue weighted by molar-refractivity contribution is 5.95. The predicted molar refractivity (Wildman–Crippen MR) is 82.8 cm³/mol. The van der Waals surface area contributed by atoms with Gasteiger partial charge in [0, 0.05) is 24.4 Å². The lowest BCUT2D eigenvalue weighted by molar-refractivity contribution is -0.117. The summed E-state index contributed by atoms with van der Waals surface area (Å²) in [4.78, 5) is 27.1. The van der Waals surface area contributed by atoms with Crippen LogP contribution in [0.25, 0.3) is 0 Å². The Morgan fingerprint density at radius 1 is 1.18 bits per heavy atom. The first kappa shape index (κ1) is 15.5. The van der Waals surface area contributed by atoms with Gasteiger partial charge in [0.05, 0.1) is 6.54 Å². The molecule has 0 radical (unpaired) electrons. The van der Waals surface area contributed by atoms with E-state index in [0.29, 0.717) is 23.6 Å². The Labute approximate surface area is 128 Å². The number of anilines is 1. The van der Waals surface area contributed by atoms with Crippen LogP contribution >= 0.6 is 0 Å². The van der Waals surface area contributed by atoms with Crippen molar-refractivity contribution in [3.8, 4) is 11.5 Å². The molecule has 0 fully saturated rings. The molecular weight excluding hydrogens is 282 g/mol. The number of carbonyl (C=O) groups excluding carboxylic acids is 2. The molecule has 6 nitrogen and oxygen atoms in total. The molecule has 2 rings (SSSR count). The van der Waals surface area contributed by atoms with E-state index >= 15 is 0 Å². The van der Waals surface area contributed by atoms with Crippen molar-refractivity contribution < 1.29 is 14.3 Å². The van der Waals surface area contributed by atoms with E-state index in [4.69, 9.17) is 10.5 Å². The maximum atomic E-state index is 11.9. The smallest absolute Gasteiger partial charge is 0.270 e. The Balaban J connectivity index is 2.04. The van der Waals surface area contributed by atoms with Crippen LogP contribution in [0.15, 0.2) is 42.6 Å². The summed E-state index contributed by atoms with van der Waals surface area (Å²) >= 11 is 0. The van der Waals surface area contributed by atoms with E-state index in [1.807, 2.05) is 0 Å². The molecule has 114 valence electrons. The number of hydrogen-bond acceptors (Lipinski definition) is 5.